The van der Waals surface area contributed by atoms with Gasteiger partial charge >= 0.3 is 133 Å². The van der Waals surface area contributed by atoms with Crippen LogP contribution in [0.15, 0.2) is 82.8 Å². The van der Waals surface area contributed by atoms with Crippen LogP contribution in [0.1, 0.15) is 6.42 Å². The number of allylic oxidation sites excluding steroid dienone is 4. The van der Waals surface area contributed by atoms with Gasteiger partial charge in [0.2, 0.25) is 0 Å². The van der Waals surface area contributed by atoms with Crippen molar-refractivity contribution in [3.63, 3.8) is 0 Å². The number of rotatable bonds is 4. The summed E-state index contributed by atoms with van der Waals surface area (Å²) in [6, 6.07) is 22.5. The number of hydrogen-bond acceptors (Lipinski definition) is 0. The molecule has 3 heteroatoms. The summed E-state index contributed by atoms with van der Waals surface area (Å²) >= 11 is -2.03. The van der Waals surface area contributed by atoms with E-state index in [9.17, 15) is 0 Å². The molecule has 0 unspecified atom stereocenters. The molecule has 1 aliphatic rings. The Morgan fingerprint density at radius 1 is 0.818 bits per heavy atom. The van der Waals surface area contributed by atoms with Crippen LogP contribution in [-0.4, -0.2) is 6.66 Å². The van der Waals surface area contributed by atoms with Gasteiger partial charge in [0.05, 0.1) is 0 Å². The molecule has 0 spiro atoms. The minimum absolute atomic E-state index is 0. The first kappa shape index (κ1) is 17.5. The molecule has 1 aliphatic carbocycles. The van der Waals surface area contributed by atoms with Crippen molar-refractivity contribution in [2.75, 3.05) is 0 Å². The summed E-state index contributed by atoms with van der Waals surface area (Å²) in [5.74, 6) is 0. The molecule has 0 fully saturated rings. The Bertz CT molecular complexity index is 623. The molecule has 0 amide bonds. The van der Waals surface area contributed by atoms with Gasteiger partial charge in [-0.1, -0.05) is 0 Å². The topological polar surface area (TPSA) is 0 Å². The maximum atomic E-state index is 2.62. The standard InChI is InChI=1S/C12H11Si.C5H5.2CH3.ClH.Ti/c1-3-7-11(8-4-1)13-12-9-5-2-6-10-12;1-2-4-5-3-1;;;;/h1-10,13H;1-3H,4H2;2*1H3;1H;. The van der Waals surface area contributed by atoms with Gasteiger partial charge in [-0.15, -0.1) is 12.4 Å². The third-order valence-electron chi connectivity index (χ3n) is 4.59. The number of benzene rings is 2. The van der Waals surface area contributed by atoms with E-state index in [2.05, 4.69) is 89.3 Å². The zero-order valence-electron chi connectivity index (χ0n) is 13.2. The SMILES string of the molecule is Cl.[CH3][Ti]([CH3])([C]1=CC=CC1)[SiH](c1ccccc1)c1ccccc1. The first-order chi connectivity index (χ1) is 10.2. The van der Waals surface area contributed by atoms with Crippen LogP contribution in [0, 0.1) is 0 Å². The van der Waals surface area contributed by atoms with E-state index in [4.69, 9.17) is 0 Å². The van der Waals surface area contributed by atoms with Crippen molar-refractivity contribution in [3.05, 3.63) is 82.8 Å². The van der Waals surface area contributed by atoms with Gasteiger partial charge in [0.15, 0.2) is 0 Å². The first-order valence-electron chi connectivity index (χ1n) is 7.65. The molecule has 114 valence electrons. The van der Waals surface area contributed by atoms with Gasteiger partial charge in [0, 0.05) is 0 Å². The minimum atomic E-state index is -2.03. The molecule has 0 radical (unpaired) electrons. The fourth-order valence-electron chi connectivity index (χ4n) is 3.43. The third kappa shape index (κ3) is 3.55. The van der Waals surface area contributed by atoms with Crippen molar-refractivity contribution in [1.29, 1.82) is 0 Å². The van der Waals surface area contributed by atoms with E-state index in [0.717, 1.165) is 0 Å². The van der Waals surface area contributed by atoms with Gasteiger partial charge < -0.3 is 0 Å². The van der Waals surface area contributed by atoms with Crippen LogP contribution in [0.4, 0.5) is 0 Å². The molecule has 0 heterocycles. The maximum absolute atomic E-state index is 2.62. The molecule has 0 aromatic heterocycles. The quantitative estimate of drug-likeness (QED) is 0.720. The van der Waals surface area contributed by atoms with Gasteiger partial charge in [0.1, 0.15) is 0 Å². The van der Waals surface area contributed by atoms with Crippen LogP contribution in [0.5, 0.6) is 0 Å². The second-order valence-electron chi connectivity index (χ2n) is 6.30. The summed E-state index contributed by atoms with van der Waals surface area (Å²) in [6.45, 7) is -1.13. The van der Waals surface area contributed by atoms with E-state index in [1.165, 1.54) is 6.42 Å². The molecule has 0 saturated carbocycles. The summed E-state index contributed by atoms with van der Waals surface area (Å²) in [5, 5.41) is 8.47. The zero-order valence-corrected chi connectivity index (χ0v) is 16.7. The zero-order chi connectivity index (χ0) is 14.7. The molecular weight excluding hydrogens is 340 g/mol. The summed E-state index contributed by atoms with van der Waals surface area (Å²) < 4.78 is 1.76. The molecule has 22 heavy (non-hydrogen) atoms. The van der Waals surface area contributed by atoms with Gasteiger partial charge in [-0.3, -0.25) is 0 Å². The van der Waals surface area contributed by atoms with E-state index in [0.29, 0.717) is 0 Å². The van der Waals surface area contributed by atoms with Crippen molar-refractivity contribution in [2.45, 2.75) is 16.9 Å². The molecule has 0 bridgehead atoms. The van der Waals surface area contributed by atoms with E-state index in [1.54, 1.807) is 14.3 Å². The second-order valence-corrected chi connectivity index (χ2v) is 23.5. The van der Waals surface area contributed by atoms with Crippen LogP contribution < -0.4 is 10.4 Å². The Kier molecular flexibility index (Phi) is 6.05. The summed E-state index contributed by atoms with van der Waals surface area (Å²) in [7, 11) is 0. The Morgan fingerprint density at radius 2 is 1.32 bits per heavy atom. The third-order valence-corrected chi connectivity index (χ3v) is 22.7. The van der Waals surface area contributed by atoms with E-state index in [-0.39, 0.29) is 12.4 Å². The van der Waals surface area contributed by atoms with E-state index < -0.39 is 22.5 Å². The van der Waals surface area contributed by atoms with Crippen LogP contribution in [0.3, 0.4) is 0 Å². The molecule has 0 nitrogen and oxygen atoms in total. The van der Waals surface area contributed by atoms with Crippen LogP contribution >= 0.6 is 12.4 Å². The van der Waals surface area contributed by atoms with Crippen LogP contribution in [0.25, 0.3) is 0 Å². The molecule has 0 saturated heterocycles. The van der Waals surface area contributed by atoms with Gasteiger partial charge in [0.25, 0.3) is 0 Å². The van der Waals surface area contributed by atoms with Crippen molar-refractivity contribution < 1.29 is 15.8 Å². The average Bonchev–Trinajstić information content (AvgIpc) is 3.04. The fourth-order valence-corrected chi connectivity index (χ4v) is 21.1. The van der Waals surface area contributed by atoms with Crippen molar-refractivity contribution in [3.8, 4) is 0 Å². The fraction of sp³-hybridized carbons (Fsp3) is 0.158. The van der Waals surface area contributed by atoms with E-state index >= 15 is 0 Å². The second kappa shape index (κ2) is 7.61. The van der Waals surface area contributed by atoms with E-state index in [1.807, 2.05) is 0 Å². The predicted molar refractivity (Wildman–Crippen MR) is 100 cm³/mol. The monoisotopic (exact) mass is 362 g/mol. The molecule has 3 rings (SSSR count). The van der Waals surface area contributed by atoms with Gasteiger partial charge in [-0.05, 0) is 0 Å². The van der Waals surface area contributed by atoms with Crippen molar-refractivity contribution in [2.24, 2.45) is 0 Å². The molecular formula is C19H23ClSiTi. The molecule has 0 atom stereocenters. The Labute approximate surface area is 144 Å². The molecule has 0 aliphatic heterocycles. The summed E-state index contributed by atoms with van der Waals surface area (Å²) in [5.41, 5.74) is 0. The summed E-state index contributed by atoms with van der Waals surface area (Å²) in [6.07, 6.45) is 8.18. The molecule has 2 aromatic rings. The van der Waals surface area contributed by atoms with Crippen LogP contribution in [0.2, 0.25) is 10.5 Å². The first-order valence-corrected chi connectivity index (χ1v) is 16.0. The molecule has 0 N–H and O–H groups in total. The Morgan fingerprint density at radius 3 is 1.73 bits per heavy atom. The number of hydrogen-bond donors (Lipinski definition) is 0. The van der Waals surface area contributed by atoms with Crippen molar-refractivity contribution >= 4 is 29.4 Å². The Balaban J connectivity index is 0.00000176. The normalized spacial score (nSPS) is 13.9. The number of halogens is 1. The average molecular weight is 363 g/mol. The summed E-state index contributed by atoms with van der Waals surface area (Å²) in [4.78, 5) is 0. The van der Waals surface area contributed by atoms with Gasteiger partial charge in [-0.25, -0.2) is 0 Å². The predicted octanol–water partition coefficient (Wildman–Crippen LogP) is 4.04. The van der Waals surface area contributed by atoms with Gasteiger partial charge in [-0.2, -0.15) is 0 Å². The Hall–Kier alpha value is -0.859. The van der Waals surface area contributed by atoms with Crippen molar-refractivity contribution in [1.82, 2.24) is 0 Å². The molecule has 2 aromatic carbocycles. The van der Waals surface area contributed by atoms with Crippen LogP contribution in [-0.2, 0) is 15.8 Å².